The van der Waals surface area contributed by atoms with Crippen molar-refractivity contribution in [1.29, 1.82) is 0 Å². The zero-order chi connectivity index (χ0) is 19.2. The number of benzene rings is 2. The van der Waals surface area contributed by atoms with Crippen molar-refractivity contribution in [3.05, 3.63) is 59.6 Å². The first-order valence-electron chi connectivity index (χ1n) is 9.22. The molecule has 1 heterocycles. The van der Waals surface area contributed by atoms with E-state index in [1.54, 1.807) is 9.80 Å². The van der Waals surface area contributed by atoms with Crippen LogP contribution in [-0.2, 0) is 9.59 Å². The monoisotopic (exact) mass is 385 g/mol. The molecule has 0 bridgehead atoms. The molecule has 0 saturated carbocycles. The van der Waals surface area contributed by atoms with Gasteiger partial charge in [-0.2, -0.15) is 0 Å². The first-order chi connectivity index (χ1) is 13.1. The average molecular weight is 386 g/mol. The molecule has 5 nitrogen and oxygen atoms in total. The number of rotatable bonds is 5. The number of hydrogen-bond donors (Lipinski definition) is 0. The second-order valence-corrected chi connectivity index (χ2v) is 6.93. The molecule has 0 aliphatic carbocycles. The normalized spacial score (nSPS) is 14.1. The Kier molecular flexibility index (Phi) is 6.35. The minimum atomic E-state index is -0.161. The highest BCUT2D eigenvalue weighted by atomic mass is 35.5. The van der Waals surface area contributed by atoms with Crippen LogP contribution >= 0.6 is 11.6 Å². The number of hydrogen-bond acceptors (Lipinski definition) is 3. The van der Waals surface area contributed by atoms with Crippen LogP contribution in [-0.4, -0.2) is 49.4 Å². The van der Waals surface area contributed by atoms with Gasteiger partial charge in [0.25, 0.3) is 0 Å². The van der Waals surface area contributed by atoms with Crippen molar-refractivity contribution in [3.63, 3.8) is 0 Å². The van der Waals surface area contributed by atoms with Gasteiger partial charge in [-0.1, -0.05) is 35.9 Å². The summed E-state index contributed by atoms with van der Waals surface area (Å²) in [7, 11) is 0. The van der Waals surface area contributed by atoms with Gasteiger partial charge in [0, 0.05) is 49.1 Å². The highest BCUT2D eigenvalue weighted by molar-refractivity contribution is 6.30. The number of amides is 2. The van der Waals surface area contributed by atoms with Gasteiger partial charge in [-0.15, -0.1) is 0 Å². The molecule has 3 rings (SSSR count). The average Bonchev–Trinajstić information content (AvgIpc) is 2.69. The Labute approximate surface area is 165 Å². The molecule has 2 aromatic carbocycles. The molecule has 0 atom stereocenters. The number of carbonyl (C=O) groups excluding carboxylic acids is 2. The topological polar surface area (TPSA) is 43.9 Å². The van der Waals surface area contributed by atoms with Gasteiger partial charge >= 0.3 is 0 Å². The molecule has 2 amide bonds. The van der Waals surface area contributed by atoms with Crippen molar-refractivity contribution >= 4 is 34.8 Å². The van der Waals surface area contributed by atoms with Crippen LogP contribution in [0.1, 0.15) is 13.3 Å². The van der Waals surface area contributed by atoms with E-state index in [0.717, 1.165) is 24.5 Å². The molecule has 1 aliphatic rings. The lowest BCUT2D eigenvalue weighted by Gasteiger charge is -2.36. The molecule has 0 radical (unpaired) electrons. The number of carbonyl (C=O) groups is 2. The van der Waals surface area contributed by atoms with Gasteiger partial charge in [0.05, 0.1) is 0 Å². The minimum absolute atomic E-state index is 0.0973. The summed E-state index contributed by atoms with van der Waals surface area (Å²) in [6.07, 6.45) is -0.0973. The van der Waals surface area contributed by atoms with Crippen molar-refractivity contribution in [2.24, 2.45) is 0 Å². The fourth-order valence-electron chi connectivity index (χ4n) is 3.33. The fraction of sp³-hybridized carbons (Fsp3) is 0.333. The van der Waals surface area contributed by atoms with Crippen molar-refractivity contribution in [2.75, 3.05) is 42.5 Å². The van der Waals surface area contributed by atoms with Gasteiger partial charge in [-0.3, -0.25) is 9.59 Å². The van der Waals surface area contributed by atoms with Crippen molar-refractivity contribution in [1.82, 2.24) is 4.90 Å². The summed E-state index contributed by atoms with van der Waals surface area (Å²) in [5.41, 5.74) is 1.88. The van der Waals surface area contributed by atoms with Crippen LogP contribution in [0.5, 0.6) is 0 Å². The molecular weight excluding hydrogens is 362 g/mol. The summed E-state index contributed by atoms with van der Waals surface area (Å²) in [5.74, 6) is -0.272. The summed E-state index contributed by atoms with van der Waals surface area (Å²) in [6, 6.07) is 17.2. The predicted molar refractivity (Wildman–Crippen MR) is 109 cm³/mol. The van der Waals surface area contributed by atoms with Gasteiger partial charge in [-0.05, 0) is 37.3 Å². The van der Waals surface area contributed by atoms with E-state index in [1.165, 1.54) is 0 Å². The van der Waals surface area contributed by atoms with Gasteiger partial charge in [-0.25, -0.2) is 0 Å². The largest absolute Gasteiger partial charge is 0.368 e. The Morgan fingerprint density at radius 2 is 1.70 bits per heavy atom. The predicted octanol–water partition coefficient (Wildman–Crippen LogP) is 3.43. The fourth-order valence-corrected chi connectivity index (χ4v) is 3.52. The van der Waals surface area contributed by atoms with Crippen LogP contribution in [0.15, 0.2) is 54.6 Å². The molecule has 2 aromatic rings. The molecule has 1 aliphatic heterocycles. The molecule has 0 aromatic heterocycles. The maximum atomic E-state index is 12.6. The van der Waals surface area contributed by atoms with Gasteiger partial charge in [0.1, 0.15) is 6.42 Å². The van der Waals surface area contributed by atoms with Crippen molar-refractivity contribution < 1.29 is 9.59 Å². The summed E-state index contributed by atoms with van der Waals surface area (Å²) >= 11 is 6.06. The third kappa shape index (κ3) is 4.80. The SMILES string of the molecule is CCN(C(=O)CC(=O)N1CCN(c2cccc(Cl)c2)CC1)c1ccccc1. The van der Waals surface area contributed by atoms with Crippen LogP contribution in [0.25, 0.3) is 0 Å². The van der Waals surface area contributed by atoms with Crippen LogP contribution < -0.4 is 9.80 Å². The Hall–Kier alpha value is -2.53. The number of piperazine rings is 1. The van der Waals surface area contributed by atoms with Crippen molar-refractivity contribution in [2.45, 2.75) is 13.3 Å². The second kappa shape index (κ2) is 8.91. The summed E-state index contributed by atoms with van der Waals surface area (Å²) in [4.78, 5) is 30.8. The zero-order valence-electron chi connectivity index (χ0n) is 15.5. The van der Waals surface area contributed by atoms with E-state index in [9.17, 15) is 9.59 Å². The van der Waals surface area contributed by atoms with Crippen molar-refractivity contribution in [3.8, 4) is 0 Å². The van der Waals surface area contributed by atoms with Crippen LogP contribution in [0.3, 0.4) is 0 Å². The van der Waals surface area contributed by atoms with Crippen LogP contribution in [0, 0.1) is 0 Å². The third-order valence-electron chi connectivity index (χ3n) is 4.79. The summed E-state index contributed by atoms with van der Waals surface area (Å²) in [5, 5.41) is 0.706. The molecule has 0 N–H and O–H groups in total. The molecule has 6 heteroatoms. The van der Waals surface area contributed by atoms with Gasteiger partial charge in [0.2, 0.25) is 11.8 Å². The van der Waals surface area contributed by atoms with E-state index >= 15 is 0 Å². The molecule has 1 fully saturated rings. The molecule has 1 saturated heterocycles. The standard InChI is InChI=1S/C21H24ClN3O2/c1-2-25(18-8-4-3-5-9-18)21(27)16-20(26)24-13-11-23(12-14-24)19-10-6-7-17(22)15-19/h3-10,15H,2,11-14,16H2,1H3. The smallest absolute Gasteiger partial charge is 0.236 e. The summed E-state index contributed by atoms with van der Waals surface area (Å²) in [6.45, 7) is 5.14. The summed E-state index contributed by atoms with van der Waals surface area (Å²) < 4.78 is 0. The Morgan fingerprint density at radius 1 is 1.00 bits per heavy atom. The second-order valence-electron chi connectivity index (χ2n) is 6.50. The number of nitrogens with zero attached hydrogens (tertiary/aromatic N) is 3. The first-order valence-corrected chi connectivity index (χ1v) is 9.60. The van der Waals surface area contributed by atoms with Gasteiger partial charge < -0.3 is 14.7 Å². The molecular formula is C21H24ClN3O2. The van der Waals surface area contributed by atoms with Gasteiger partial charge in [0.15, 0.2) is 0 Å². The lowest BCUT2D eigenvalue weighted by atomic mass is 10.2. The van der Waals surface area contributed by atoms with Crippen LogP contribution in [0.2, 0.25) is 5.02 Å². The first kappa shape index (κ1) is 19.2. The van der Waals surface area contributed by atoms with E-state index in [0.29, 0.717) is 24.7 Å². The lowest BCUT2D eigenvalue weighted by molar-refractivity contribution is -0.135. The highest BCUT2D eigenvalue weighted by Gasteiger charge is 2.25. The van der Waals surface area contributed by atoms with Crippen LogP contribution in [0.4, 0.5) is 11.4 Å². The molecule has 0 spiro atoms. The maximum absolute atomic E-state index is 12.6. The van der Waals surface area contributed by atoms with E-state index in [4.69, 9.17) is 11.6 Å². The quantitative estimate of drug-likeness (QED) is 0.740. The molecule has 142 valence electrons. The lowest BCUT2D eigenvalue weighted by Crippen LogP contribution is -2.49. The maximum Gasteiger partial charge on any atom is 0.236 e. The molecule has 0 unspecified atom stereocenters. The van der Waals surface area contributed by atoms with E-state index < -0.39 is 0 Å². The Bertz CT molecular complexity index is 789. The minimum Gasteiger partial charge on any atom is -0.368 e. The van der Waals surface area contributed by atoms with E-state index in [-0.39, 0.29) is 18.2 Å². The zero-order valence-corrected chi connectivity index (χ0v) is 16.2. The number of para-hydroxylation sites is 1. The number of anilines is 2. The molecule has 27 heavy (non-hydrogen) atoms. The van der Waals surface area contributed by atoms with E-state index in [1.807, 2.05) is 61.5 Å². The number of halogens is 1. The third-order valence-corrected chi connectivity index (χ3v) is 5.03. The Balaban J connectivity index is 1.55. The van der Waals surface area contributed by atoms with E-state index in [2.05, 4.69) is 4.90 Å². The highest BCUT2D eigenvalue weighted by Crippen LogP contribution is 2.21. The Morgan fingerprint density at radius 3 is 2.33 bits per heavy atom.